The molecule has 2 N–H and O–H groups in total. The van der Waals surface area contributed by atoms with Gasteiger partial charge in [-0.05, 0) is 56.2 Å². The van der Waals surface area contributed by atoms with Crippen LogP contribution in [0.4, 0.5) is 5.69 Å². The van der Waals surface area contributed by atoms with Gasteiger partial charge < -0.3 is 19.9 Å². The number of nitrogens with one attached hydrogen (secondary N) is 1. The van der Waals surface area contributed by atoms with Gasteiger partial charge in [-0.2, -0.15) is 0 Å². The fourth-order valence-corrected chi connectivity index (χ4v) is 2.85. The Bertz CT molecular complexity index is 761. The number of hydrogen-bond acceptors (Lipinski definition) is 4. The number of hydrogen-bond donors (Lipinski definition) is 2. The minimum Gasteiger partial charge on any atom is -0.490 e. The van der Waals surface area contributed by atoms with Gasteiger partial charge in [0.1, 0.15) is 0 Å². The summed E-state index contributed by atoms with van der Waals surface area (Å²) >= 11 is 3.56. The van der Waals surface area contributed by atoms with E-state index in [-0.39, 0.29) is 5.56 Å². The summed E-state index contributed by atoms with van der Waals surface area (Å²) in [4.78, 5) is 11.1. The Morgan fingerprint density at radius 3 is 2.36 bits per heavy atom. The first-order valence-electron chi connectivity index (χ1n) is 8.12. The molecule has 5 nitrogen and oxygen atoms in total. The van der Waals surface area contributed by atoms with E-state index in [9.17, 15) is 4.79 Å². The maximum Gasteiger partial charge on any atom is 0.335 e. The van der Waals surface area contributed by atoms with Crippen molar-refractivity contribution < 1.29 is 19.4 Å². The molecule has 2 aromatic carbocycles. The van der Waals surface area contributed by atoms with Gasteiger partial charge in [-0.25, -0.2) is 4.79 Å². The van der Waals surface area contributed by atoms with Gasteiger partial charge in [-0.15, -0.1) is 0 Å². The van der Waals surface area contributed by atoms with Crippen LogP contribution in [-0.4, -0.2) is 24.3 Å². The van der Waals surface area contributed by atoms with Crippen molar-refractivity contribution in [1.29, 1.82) is 0 Å². The average molecular weight is 408 g/mol. The minimum absolute atomic E-state index is 0.258. The maximum absolute atomic E-state index is 11.1. The number of halogens is 1. The van der Waals surface area contributed by atoms with Crippen LogP contribution in [0.25, 0.3) is 0 Å². The lowest BCUT2D eigenvalue weighted by molar-refractivity contribution is 0.0697. The molecular formula is C19H22BrNO4. The second-order valence-electron chi connectivity index (χ2n) is 5.44. The monoisotopic (exact) mass is 407 g/mol. The molecule has 2 rings (SSSR count). The summed E-state index contributed by atoms with van der Waals surface area (Å²) < 4.78 is 12.2. The Hall–Kier alpha value is -2.21. The first-order chi connectivity index (χ1) is 12.0. The molecule has 25 heavy (non-hydrogen) atoms. The minimum atomic E-state index is -0.941. The number of carboxylic acid groups (broad SMARTS) is 1. The molecule has 0 aromatic heterocycles. The first kappa shape index (κ1) is 19.1. The van der Waals surface area contributed by atoms with Crippen molar-refractivity contribution in [3.8, 4) is 11.5 Å². The van der Waals surface area contributed by atoms with Gasteiger partial charge >= 0.3 is 5.97 Å². The molecule has 0 aliphatic carbocycles. The van der Waals surface area contributed by atoms with Crippen LogP contribution >= 0.6 is 15.9 Å². The van der Waals surface area contributed by atoms with E-state index in [2.05, 4.69) is 21.2 Å². The van der Waals surface area contributed by atoms with E-state index in [1.807, 2.05) is 32.9 Å². The van der Waals surface area contributed by atoms with Gasteiger partial charge in [0.25, 0.3) is 0 Å². The second-order valence-corrected chi connectivity index (χ2v) is 6.30. The summed E-state index contributed by atoms with van der Waals surface area (Å²) in [5.74, 6) is 0.452. The molecule has 0 bridgehead atoms. The van der Waals surface area contributed by atoms with Crippen molar-refractivity contribution in [1.82, 2.24) is 0 Å². The lowest BCUT2D eigenvalue weighted by Crippen LogP contribution is -2.06. The highest BCUT2D eigenvalue weighted by atomic mass is 79.9. The van der Waals surface area contributed by atoms with Crippen molar-refractivity contribution in [2.45, 2.75) is 27.3 Å². The first-order valence-corrected chi connectivity index (χ1v) is 8.91. The smallest absolute Gasteiger partial charge is 0.335 e. The molecule has 0 aliphatic rings. The van der Waals surface area contributed by atoms with E-state index >= 15 is 0 Å². The van der Waals surface area contributed by atoms with E-state index in [0.717, 1.165) is 21.3 Å². The van der Waals surface area contributed by atoms with E-state index in [1.54, 1.807) is 18.2 Å². The Balaban J connectivity index is 2.24. The summed E-state index contributed by atoms with van der Waals surface area (Å²) in [6, 6.07) is 8.87. The number of ether oxygens (including phenoxy) is 2. The van der Waals surface area contributed by atoms with Gasteiger partial charge in [0, 0.05) is 16.7 Å². The van der Waals surface area contributed by atoms with E-state index in [1.165, 1.54) is 0 Å². The predicted octanol–water partition coefficient (Wildman–Crippen LogP) is 4.87. The zero-order valence-electron chi connectivity index (χ0n) is 14.6. The highest BCUT2D eigenvalue weighted by Crippen LogP contribution is 2.34. The topological polar surface area (TPSA) is 67.8 Å². The van der Waals surface area contributed by atoms with Crippen LogP contribution in [0.5, 0.6) is 11.5 Å². The SMILES string of the molecule is CCOc1cc(Br)c(CNc2cc(C(=O)O)ccc2C)cc1OCC. The standard InChI is InChI=1S/C19H22BrNO4/c1-4-24-17-9-14(15(20)10-18(17)25-5-2)11-21-16-8-13(19(22)23)7-6-12(16)3/h6-10,21H,4-5,11H2,1-3H3,(H,22,23). The molecule has 0 fully saturated rings. The lowest BCUT2D eigenvalue weighted by Gasteiger charge is -2.16. The van der Waals surface area contributed by atoms with Gasteiger partial charge in [0.05, 0.1) is 18.8 Å². The number of aryl methyl sites for hydroxylation is 1. The third kappa shape index (κ3) is 4.89. The molecule has 0 unspecified atom stereocenters. The number of benzene rings is 2. The van der Waals surface area contributed by atoms with E-state index in [4.69, 9.17) is 14.6 Å². The van der Waals surface area contributed by atoms with Crippen molar-refractivity contribution >= 4 is 27.6 Å². The molecule has 0 atom stereocenters. The van der Waals surface area contributed by atoms with Crippen LogP contribution in [0.1, 0.15) is 35.3 Å². The van der Waals surface area contributed by atoms with Crippen LogP contribution in [0.3, 0.4) is 0 Å². The largest absolute Gasteiger partial charge is 0.490 e. The van der Waals surface area contributed by atoms with Gasteiger partial charge in [-0.1, -0.05) is 22.0 Å². The fraction of sp³-hybridized carbons (Fsp3) is 0.316. The lowest BCUT2D eigenvalue weighted by atomic mass is 10.1. The summed E-state index contributed by atoms with van der Waals surface area (Å²) in [6.07, 6.45) is 0. The molecule has 134 valence electrons. The molecule has 0 saturated carbocycles. The third-order valence-electron chi connectivity index (χ3n) is 3.67. The normalized spacial score (nSPS) is 10.4. The zero-order chi connectivity index (χ0) is 18.4. The Morgan fingerprint density at radius 2 is 1.76 bits per heavy atom. The second kappa shape index (κ2) is 8.76. The number of rotatable bonds is 8. The molecular weight excluding hydrogens is 386 g/mol. The fourth-order valence-electron chi connectivity index (χ4n) is 2.39. The number of carboxylic acids is 1. The molecule has 0 aliphatic heterocycles. The number of aromatic carboxylic acids is 1. The van der Waals surface area contributed by atoms with Crippen LogP contribution < -0.4 is 14.8 Å². The highest BCUT2D eigenvalue weighted by Gasteiger charge is 2.12. The van der Waals surface area contributed by atoms with Crippen molar-refractivity contribution in [3.05, 3.63) is 51.5 Å². The molecule has 0 saturated heterocycles. The summed E-state index contributed by atoms with van der Waals surface area (Å²) in [5, 5.41) is 12.4. The number of carbonyl (C=O) groups is 1. The zero-order valence-corrected chi connectivity index (χ0v) is 16.1. The van der Waals surface area contributed by atoms with Crippen LogP contribution in [0.15, 0.2) is 34.8 Å². The quantitative estimate of drug-likeness (QED) is 0.653. The predicted molar refractivity (Wildman–Crippen MR) is 102 cm³/mol. The maximum atomic E-state index is 11.1. The van der Waals surface area contributed by atoms with Gasteiger partial charge in [0.2, 0.25) is 0 Å². The van der Waals surface area contributed by atoms with E-state index < -0.39 is 5.97 Å². The highest BCUT2D eigenvalue weighted by molar-refractivity contribution is 9.10. The van der Waals surface area contributed by atoms with Crippen LogP contribution in [-0.2, 0) is 6.54 Å². The van der Waals surface area contributed by atoms with Crippen LogP contribution in [0, 0.1) is 6.92 Å². The van der Waals surface area contributed by atoms with Gasteiger partial charge in [0.15, 0.2) is 11.5 Å². The molecule has 0 radical (unpaired) electrons. The Labute approximate surface area is 156 Å². The number of anilines is 1. The Kier molecular flexibility index (Phi) is 6.70. The summed E-state index contributed by atoms with van der Waals surface area (Å²) in [6.45, 7) is 7.43. The molecule has 0 heterocycles. The third-order valence-corrected chi connectivity index (χ3v) is 4.40. The van der Waals surface area contributed by atoms with E-state index in [0.29, 0.717) is 31.3 Å². The average Bonchev–Trinajstić information content (AvgIpc) is 2.57. The molecule has 0 spiro atoms. The molecule has 0 amide bonds. The molecule has 2 aromatic rings. The summed E-state index contributed by atoms with van der Waals surface area (Å²) in [5.41, 5.74) is 3.02. The molecule has 6 heteroatoms. The van der Waals surface area contributed by atoms with Crippen molar-refractivity contribution in [2.75, 3.05) is 18.5 Å². The van der Waals surface area contributed by atoms with Crippen molar-refractivity contribution in [3.63, 3.8) is 0 Å². The van der Waals surface area contributed by atoms with Crippen molar-refractivity contribution in [2.24, 2.45) is 0 Å². The summed E-state index contributed by atoms with van der Waals surface area (Å²) in [7, 11) is 0. The van der Waals surface area contributed by atoms with Crippen LogP contribution in [0.2, 0.25) is 0 Å². The van der Waals surface area contributed by atoms with Gasteiger partial charge in [-0.3, -0.25) is 0 Å². The Morgan fingerprint density at radius 1 is 1.12 bits per heavy atom.